The molecule has 1 aliphatic rings. The summed E-state index contributed by atoms with van der Waals surface area (Å²) in [5.74, 6) is 2.14. The van der Waals surface area contributed by atoms with Gasteiger partial charge in [0.25, 0.3) is 0 Å². The van der Waals surface area contributed by atoms with E-state index in [2.05, 4.69) is 15.3 Å². The van der Waals surface area contributed by atoms with Crippen LogP contribution in [0.4, 0.5) is 0 Å². The van der Waals surface area contributed by atoms with Gasteiger partial charge in [0, 0.05) is 24.2 Å². The second kappa shape index (κ2) is 7.85. The van der Waals surface area contributed by atoms with Crippen molar-refractivity contribution in [2.24, 2.45) is 0 Å². The molecule has 0 atom stereocenters. The van der Waals surface area contributed by atoms with Crippen molar-refractivity contribution in [2.45, 2.75) is 32.4 Å². The third-order valence-electron chi connectivity index (χ3n) is 4.23. The minimum Gasteiger partial charge on any atom is -0.493 e. The Labute approximate surface area is 147 Å². The van der Waals surface area contributed by atoms with Crippen LogP contribution in [0.15, 0.2) is 23.6 Å². The molecule has 0 N–H and O–H groups in total. The summed E-state index contributed by atoms with van der Waals surface area (Å²) in [6, 6.07) is 5.71. The van der Waals surface area contributed by atoms with E-state index >= 15 is 0 Å². The average molecular weight is 348 g/mol. The van der Waals surface area contributed by atoms with Crippen LogP contribution in [0.1, 0.15) is 23.5 Å². The minimum absolute atomic E-state index is 0.185. The standard InChI is InChI=1S/C18H24N2O3S/c1-13-12-24-17(19-13)11-20-9-7-14(8-10-20)23-18-15(21-2)5-4-6-16(18)22-3/h4-6,12,14H,7-11H2,1-3H3. The van der Waals surface area contributed by atoms with E-state index in [-0.39, 0.29) is 6.10 Å². The molecule has 130 valence electrons. The maximum atomic E-state index is 6.21. The number of para-hydroxylation sites is 1. The molecule has 24 heavy (non-hydrogen) atoms. The Bertz CT molecular complexity index is 644. The highest BCUT2D eigenvalue weighted by atomic mass is 32.1. The summed E-state index contributed by atoms with van der Waals surface area (Å²) in [5.41, 5.74) is 1.11. The first kappa shape index (κ1) is 17.0. The summed E-state index contributed by atoms with van der Waals surface area (Å²) in [6.07, 6.45) is 2.17. The van der Waals surface area contributed by atoms with Gasteiger partial charge in [-0.2, -0.15) is 0 Å². The van der Waals surface area contributed by atoms with Crippen LogP contribution < -0.4 is 14.2 Å². The number of nitrogens with zero attached hydrogens (tertiary/aromatic N) is 2. The minimum atomic E-state index is 0.185. The first-order valence-corrected chi connectivity index (χ1v) is 9.08. The monoisotopic (exact) mass is 348 g/mol. The number of piperidine rings is 1. The van der Waals surface area contributed by atoms with E-state index in [1.54, 1.807) is 25.6 Å². The third kappa shape index (κ3) is 3.99. The van der Waals surface area contributed by atoms with E-state index in [1.807, 2.05) is 25.1 Å². The van der Waals surface area contributed by atoms with Crippen LogP contribution in [0.3, 0.4) is 0 Å². The number of rotatable bonds is 6. The Hall–Kier alpha value is -1.79. The number of hydrogen-bond acceptors (Lipinski definition) is 6. The molecule has 5 nitrogen and oxygen atoms in total. The summed E-state index contributed by atoms with van der Waals surface area (Å²) < 4.78 is 17.0. The van der Waals surface area contributed by atoms with Crippen molar-refractivity contribution in [3.63, 3.8) is 0 Å². The maximum Gasteiger partial charge on any atom is 0.203 e. The SMILES string of the molecule is COc1cccc(OC)c1OC1CCN(Cc2nc(C)cs2)CC1. The van der Waals surface area contributed by atoms with Crippen LogP contribution in [0.5, 0.6) is 17.2 Å². The molecule has 6 heteroatoms. The summed E-state index contributed by atoms with van der Waals surface area (Å²) >= 11 is 1.74. The first-order valence-electron chi connectivity index (χ1n) is 8.20. The molecular formula is C18H24N2O3S. The highest BCUT2D eigenvalue weighted by molar-refractivity contribution is 7.09. The lowest BCUT2D eigenvalue weighted by molar-refractivity contribution is 0.0916. The normalized spacial score (nSPS) is 16.1. The Kier molecular flexibility index (Phi) is 5.58. The number of hydrogen-bond donors (Lipinski definition) is 0. The van der Waals surface area contributed by atoms with E-state index in [4.69, 9.17) is 14.2 Å². The fourth-order valence-electron chi connectivity index (χ4n) is 2.95. The highest BCUT2D eigenvalue weighted by Gasteiger charge is 2.23. The third-order valence-corrected chi connectivity index (χ3v) is 5.18. The van der Waals surface area contributed by atoms with E-state index in [0.717, 1.165) is 49.7 Å². The number of ether oxygens (including phenoxy) is 3. The van der Waals surface area contributed by atoms with Crippen molar-refractivity contribution in [2.75, 3.05) is 27.3 Å². The van der Waals surface area contributed by atoms with Crippen LogP contribution in [0, 0.1) is 6.92 Å². The van der Waals surface area contributed by atoms with Crippen LogP contribution in [0.2, 0.25) is 0 Å². The molecule has 1 fully saturated rings. The zero-order chi connectivity index (χ0) is 16.9. The average Bonchev–Trinajstić information content (AvgIpc) is 3.01. The summed E-state index contributed by atoms with van der Waals surface area (Å²) in [5, 5.41) is 3.30. The Balaban J connectivity index is 1.57. The van der Waals surface area contributed by atoms with Crippen LogP contribution in [-0.2, 0) is 6.54 Å². The number of methoxy groups -OCH3 is 2. The molecule has 1 aliphatic heterocycles. The summed E-state index contributed by atoms with van der Waals surface area (Å²) in [6.45, 7) is 5.01. The molecule has 2 heterocycles. The van der Waals surface area contributed by atoms with Gasteiger partial charge >= 0.3 is 0 Å². The molecule has 0 aliphatic carbocycles. The number of aromatic nitrogens is 1. The highest BCUT2D eigenvalue weighted by Crippen LogP contribution is 2.38. The van der Waals surface area contributed by atoms with Crippen molar-refractivity contribution < 1.29 is 14.2 Å². The fraction of sp³-hybridized carbons (Fsp3) is 0.500. The van der Waals surface area contributed by atoms with Crippen LogP contribution in [0.25, 0.3) is 0 Å². The van der Waals surface area contributed by atoms with Crippen molar-refractivity contribution in [3.8, 4) is 17.2 Å². The molecule has 1 saturated heterocycles. The number of likely N-dealkylation sites (tertiary alicyclic amines) is 1. The van der Waals surface area contributed by atoms with Gasteiger partial charge in [-0.1, -0.05) is 6.07 Å². The second-order valence-electron chi connectivity index (χ2n) is 5.97. The van der Waals surface area contributed by atoms with Gasteiger partial charge in [-0.3, -0.25) is 4.90 Å². The Morgan fingerprint density at radius 1 is 1.17 bits per heavy atom. The van der Waals surface area contributed by atoms with E-state index in [1.165, 1.54) is 5.01 Å². The number of benzene rings is 1. The summed E-state index contributed by atoms with van der Waals surface area (Å²) in [4.78, 5) is 6.99. The van der Waals surface area contributed by atoms with Crippen LogP contribution in [-0.4, -0.2) is 43.3 Å². The van der Waals surface area contributed by atoms with E-state index in [9.17, 15) is 0 Å². The Morgan fingerprint density at radius 2 is 1.83 bits per heavy atom. The van der Waals surface area contributed by atoms with Gasteiger partial charge in [0.1, 0.15) is 11.1 Å². The molecule has 3 rings (SSSR count). The molecule has 0 spiro atoms. The van der Waals surface area contributed by atoms with Crippen molar-refractivity contribution in [3.05, 3.63) is 34.3 Å². The van der Waals surface area contributed by atoms with E-state index < -0.39 is 0 Å². The zero-order valence-corrected chi connectivity index (χ0v) is 15.3. The molecule has 0 radical (unpaired) electrons. The fourth-order valence-corrected chi connectivity index (χ4v) is 3.76. The predicted molar refractivity (Wildman–Crippen MR) is 95.3 cm³/mol. The first-order chi connectivity index (χ1) is 11.7. The maximum absolute atomic E-state index is 6.21. The largest absolute Gasteiger partial charge is 0.493 e. The number of thiazole rings is 1. The van der Waals surface area contributed by atoms with Gasteiger partial charge in [-0.05, 0) is 31.9 Å². The molecule has 0 saturated carbocycles. The van der Waals surface area contributed by atoms with Gasteiger partial charge in [0.2, 0.25) is 5.75 Å². The van der Waals surface area contributed by atoms with Crippen molar-refractivity contribution in [1.29, 1.82) is 0 Å². The lowest BCUT2D eigenvalue weighted by Crippen LogP contribution is -2.37. The zero-order valence-electron chi connectivity index (χ0n) is 14.4. The van der Waals surface area contributed by atoms with Gasteiger partial charge in [-0.15, -0.1) is 11.3 Å². The molecule has 1 aromatic heterocycles. The molecule has 0 amide bonds. The van der Waals surface area contributed by atoms with Gasteiger partial charge < -0.3 is 14.2 Å². The molecule has 2 aromatic rings. The number of aryl methyl sites for hydroxylation is 1. The van der Waals surface area contributed by atoms with Gasteiger partial charge in [0.15, 0.2) is 11.5 Å². The smallest absolute Gasteiger partial charge is 0.203 e. The van der Waals surface area contributed by atoms with Crippen molar-refractivity contribution >= 4 is 11.3 Å². The topological polar surface area (TPSA) is 43.8 Å². The second-order valence-corrected chi connectivity index (χ2v) is 6.91. The van der Waals surface area contributed by atoms with E-state index in [0.29, 0.717) is 5.75 Å². The van der Waals surface area contributed by atoms with Gasteiger partial charge in [0.05, 0.1) is 20.8 Å². The molecule has 0 bridgehead atoms. The molecule has 0 unspecified atom stereocenters. The quantitative estimate of drug-likeness (QED) is 0.799. The summed E-state index contributed by atoms with van der Waals surface area (Å²) in [7, 11) is 3.31. The molecular weight excluding hydrogens is 324 g/mol. The van der Waals surface area contributed by atoms with Crippen LogP contribution >= 0.6 is 11.3 Å². The predicted octanol–water partition coefficient (Wildman–Crippen LogP) is 3.51. The molecule has 1 aromatic carbocycles. The Morgan fingerprint density at radius 3 is 2.38 bits per heavy atom. The van der Waals surface area contributed by atoms with Gasteiger partial charge in [-0.25, -0.2) is 4.98 Å². The van der Waals surface area contributed by atoms with Crippen molar-refractivity contribution in [1.82, 2.24) is 9.88 Å². The lowest BCUT2D eigenvalue weighted by Gasteiger charge is -2.32. The lowest BCUT2D eigenvalue weighted by atomic mass is 10.1.